The van der Waals surface area contributed by atoms with Crippen LogP contribution in [0.2, 0.25) is 0 Å². The predicted molar refractivity (Wildman–Crippen MR) is 131 cm³/mol. The van der Waals surface area contributed by atoms with Crippen LogP contribution in [0.5, 0.6) is 0 Å². The summed E-state index contributed by atoms with van der Waals surface area (Å²) in [5.74, 6) is 1.46. The topological polar surface area (TPSA) is 114 Å². The normalized spacial score (nSPS) is 16.3. The van der Waals surface area contributed by atoms with Crippen molar-refractivity contribution in [2.45, 2.75) is 25.7 Å². The van der Waals surface area contributed by atoms with Crippen molar-refractivity contribution in [3.05, 3.63) is 78.5 Å². The van der Waals surface area contributed by atoms with E-state index in [1.165, 1.54) is 6.20 Å². The Morgan fingerprint density at radius 3 is 2.82 bits per heavy atom. The number of amides is 1. The molecule has 1 saturated heterocycles. The highest BCUT2D eigenvalue weighted by Gasteiger charge is 2.26. The van der Waals surface area contributed by atoms with Gasteiger partial charge in [0.1, 0.15) is 11.5 Å². The van der Waals surface area contributed by atoms with Gasteiger partial charge in [0.15, 0.2) is 5.82 Å². The first-order chi connectivity index (χ1) is 16.6. The number of nitrogens with zero attached hydrogens (tertiary/aromatic N) is 6. The van der Waals surface area contributed by atoms with Gasteiger partial charge >= 0.3 is 0 Å². The number of imidazole rings is 1. The Bertz CT molecular complexity index is 1330. The number of fused-ring (bicyclic) bond motifs is 1. The highest BCUT2D eigenvalue weighted by Crippen LogP contribution is 2.33. The second-order valence-electron chi connectivity index (χ2n) is 8.26. The molecule has 1 fully saturated rings. The number of allylic oxidation sites excluding steroid dienone is 1. The number of hydrogen-bond donors (Lipinski definition) is 2. The first-order valence-electron chi connectivity index (χ1n) is 11.3. The molecule has 5 rings (SSSR count). The van der Waals surface area contributed by atoms with Crippen LogP contribution in [-0.2, 0) is 0 Å². The van der Waals surface area contributed by atoms with Crippen molar-refractivity contribution >= 4 is 23.2 Å². The van der Waals surface area contributed by atoms with Crippen molar-refractivity contribution in [1.29, 1.82) is 0 Å². The number of rotatable bonds is 5. The lowest BCUT2D eigenvalue weighted by atomic mass is 9.94. The number of anilines is 2. The Balaban J connectivity index is 1.47. The van der Waals surface area contributed by atoms with Crippen LogP contribution in [-0.4, -0.2) is 48.2 Å². The Labute approximate surface area is 197 Å². The molecule has 1 unspecified atom stereocenters. The number of aromatic nitrogens is 5. The summed E-state index contributed by atoms with van der Waals surface area (Å²) in [6.07, 6.45) is 11.2. The molecule has 4 aromatic rings. The van der Waals surface area contributed by atoms with E-state index in [1.54, 1.807) is 36.7 Å². The third kappa shape index (κ3) is 4.19. The summed E-state index contributed by atoms with van der Waals surface area (Å²) < 4.78 is 1.85. The Kier molecular flexibility index (Phi) is 5.90. The minimum atomic E-state index is -0.279. The van der Waals surface area contributed by atoms with Crippen molar-refractivity contribution in [3.8, 4) is 11.5 Å². The average molecular weight is 455 g/mol. The molecule has 1 aliphatic heterocycles. The number of nitrogen functional groups attached to an aromatic ring is 1. The lowest BCUT2D eigenvalue weighted by Crippen LogP contribution is -2.30. The van der Waals surface area contributed by atoms with E-state index in [0.717, 1.165) is 37.1 Å². The molecule has 0 radical (unpaired) electrons. The maximum atomic E-state index is 12.6. The van der Waals surface area contributed by atoms with E-state index in [1.807, 2.05) is 23.5 Å². The van der Waals surface area contributed by atoms with E-state index >= 15 is 0 Å². The van der Waals surface area contributed by atoms with Crippen LogP contribution >= 0.6 is 0 Å². The minimum Gasteiger partial charge on any atom is -0.377 e. The zero-order valence-electron chi connectivity index (χ0n) is 18.9. The number of hydrogen-bond acceptors (Lipinski definition) is 7. The van der Waals surface area contributed by atoms with Gasteiger partial charge in [-0.15, -0.1) is 0 Å². The lowest BCUT2D eigenvalue weighted by molar-refractivity contribution is 0.102. The maximum absolute atomic E-state index is 12.6. The van der Waals surface area contributed by atoms with Crippen molar-refractivity contribution in [2.24, 2.45) is 0 Å². The van der Waals surface area contributed by atoms with E-state index in [4.69, 9.17) is 10.7 Å². The van der Waals surface area contributed by atoms with Gasteiger partial charge in [-0.05, 0) is 56.3 Å². The highest BCUT2D eigenvalue weighted by molar-refractivity contribution is 6.03. The molecule has 0 spiro atoms. The van der Waals surface area contributed by atoms with Crippen molar-refractivity contribution in [3.63, 3.8) is 0 Å². The lowest BCUT2D eigenvalue weighted by Gasteiger charge is -2.31. The molecule has 0 aromatic carbocycles. The van der Waals surface area contributed by atoms with Crippen molar-refractivity contribution < 1.29 is 4.79 Å². The summed E-state index contributed by atoms with van der Waals surface area (Å²) in [5.41, 5.74) is 9.25. The van der Waals surface area contributed by atoms with Crippen LogP contribution in [0.3, 0.4) is 0 Å². The third-order valence-corrected chi connectivity index (χ3v) is 5.97. The van der Waals surface area contributed by atoms with Crippen LogP contribution in [0, 0.1) is 0 Å². The molecule has 0 bridgehead atoms. The van der Waals surface area contributed by atoms with E-state index in [-0.39, 0.29) is 11.8 Å². The number of nitrogens with two attached hydrogens (primary N) is 1. The van der Waals surface area contributed by atoms with Crippen LogP contribution in [0.1, 0.15) is 41.7 Å². The average Bonchev–Trinajstić information content (AvgIpc) is 3.26. The molecule has 172 valence electrons. The van der Waals surface area contributed by atoms with Crippen LogP contribution in [0.15, 0.2) is 67.3 Å². The Hall–Kier alpha value is -4.27. The first-order valence-corrected chi connectivity index (χ1v) is 11.3. The molecule has 34 heavy (non-hydrogen) atoms. The number of nitrogens with one attached hydrogen (secondary N) is 1. The molecule has 1 aliphatic rings. The predicted octanol–water partition coefficient (Wildman–Crippen LogP) is 3.73. The zero-order valence-corrected chi connectivity index (χ0v) is 18.9. The van der Waals surface area contributed by atoms with Crippen LogP contribution in [0.4, 0.5) is 11.8 Å². The van der Waals surface area contributed by atoms with Crippen molar-refractivity contribution in [1.82, 2.24) is 29.2 Å². The fourth-order valence-corrected chi connectivity index (χ4v) is 4.42. The van der Waals surface area contributed by atoms with Crippen LogP contribution in [0.25, 0.3) is 17.0 Å². The third-order valence-electron chi connectivity index (χ3n) is 5.97. The quantitative estimate of drug-likeness (QED) is 0.472. The van der Waals surface area contributed by atoms with Gasteiger partial charge in [-0.2, -0.15) is 0 Å². The highest BCUT2D eigenvalue weighted by atomic mass is 16.1. The van der Waals surface area contributed by atoms with Gasteiger partial charge in [0.25, 0.3) is 5.91 Å². The molecule has 4 aromatic heterocycles. The van der Waals surface area contributed by atoms with Gasteiger partial charge in [0, 0.05) is 37.6 Å². The standard InChI is InChI=1S/C25H26N8O/c1-2-13-32-14-5-6-18(16-32)22-20-10-12-28-25(26)33(20)23(31-22)19-9-8-17(15-29-19)24(34)30-21-7-3-4-11-27-21/h2-4,7-13,15,18H,5-6,14,16H2,1H3,(H2,26,28)(H,27,30,34). The molecule has 1 amide bonds. The summed E-state index contributed by atoms with van der Waals surface area (Å²) >= 11 is 0. The monoisotopic (exact) mass is 454 g/mol. The Morgan fingerprint density at radius 1 is 1.15 bits per heavy atom. The molecule has 9 heteroatoms. The molecular formula is C25H26N8O. The fourth-order valence-electron chi connectivity index (χ4n) is 4.42. The first kappa shape index (κ1) is 21.6. The van der Waals surface area contributed by atoms with Gasteiger partial charge in [0.2, 0.25) is 5.95 Å². The second kappa shape index (κ2) is 9.30. The van der Waals surface area contributed by atoms with Gasteiger partial charge in [-0.25, -0.2) is 15.0 Å². The number of likely N-dealkylation sites (tertiary alicyclic amines) is 1. The van der Waals surface area contributed by atoms with E-state index < -0.39 is 0 Å². The van der Waals surface area contributed by atoms with Gasteiger partial charge in [-0.1, -0.05) is 12.1 Å². The summed E-state index contributed by atoms with van der Waals surface area (Å²) in [6.45, 7) is 3.98. The SMILES string of the molecule is CC=CN1CCCC(c2nc(-c3ccc(C(=O)Nc4ccccn4)cn3)n3c(N)nccc23)C1. The molecule has 3 N–H and O–H groups in total. The molecule has 9 nitrogen and oxygen atoms in total. The maximum Gasteiger partial charge on any atom is 0.258 e. The number of pyridine rings is 2. The summed E-state index contributed by atoms with van der Waals surface area (Å²) in [7, 11) is 0. The van der Waals surface area contributed by atoms with Gasteiger partial charge in [0.05, 0.1) is 16.8 Å². The van der Waals surface area contributed by atoms with E-state index in [0.29, 0.717) is 28.8 Å². The number of piperidine rings is 1. The van der Waals surface area contributed by atoms with E-state index in [2.05, 4.69) is 37.4 Å². The zero-order chi connectivity index (χ0) is 23.5. The van der Waals surface area contributed by atoms with E-state index in [9.17, 15) is 4.79 Å². The van der Waals surface area contributed by atoms with Gasteiger partial charge in [-0.3, -0.25) is 14.2 Å². The van der Waals surface area contributed by atoms with Gasteiger partial charge < -0.3 is 16.0 Å². The fraction of sp³-hybridized carbons (Fsp3) is 0.240. The molecule has 0 aliphatic carbocycles. The smallest absolute Gasteiger partial charge is 0.258 e. The molecule has 0 saturated carbocycles. The Morgan fingerprint density at radius 2 is 2.06 bits per heavy atom. The number of carbonyl (C=O) groups excluding carboxylic acids is 1. The molecular weight excluding hydrogens is 428 g/mol. The van der Waals surface area contributed by atoms with Crippen molar-refractivity contribution in [2.75, 3.05) is 24.1 Å². The minimum absolute atomic E-state index is 0.277. The molecule has 5 heterocycles. The summed E-state index contributed by atoms with van der Waals surface area (Å²) in [6, 6.07) is 10.8. The largest absolute Gasteiger partial charge is 0.377 e. The summed E-state index contributed by atoms with van der Waals surface area (Å²) in [4.78, 5) is 32.8. The molecule has 1 atom stereocenters. The number of carbonyl (C=O) groups is 1. The summed E-state index contributed by atoms with van der Waals surface area (Å²) in [5, 5.41) is 2.77. The van der Waals surface area contributed by atoms with Crippen LogP contribution < -0.4 is 11.1 Å². The second-order valence-corrected chi connectivity index (χ2v) is 8.26.